The van der Waals surface area contributed by atoms with Gasteiger partial charge in [0, 0.05) is 18.1 Å². The molecular weight excluding hydrogens is 272 g/mol. The van der Waals surface area contributed by atoms with Gasteiger partial charge >= 0.3 is 6.09 Å². The molecule has 0 bridgehead atoms. The van der Waals surface area contributed by atoms with Crippen molar-refractivity contribution in [2.24, 2.45) is 5.73 Å². The quantitative estimate of drug-likeness (QED) is 0.614. The van der Waals surface area contributed by atoms with Crippen molar-refractivity contribution >= 4 is 17.7 Å². The number of aliphatic hydroxyl groups is 1. The fourth-order valence-corrected chi connectivity index (χ4v) is 1.40. The summed E-state index contributed by atoms with van der Waals surface area (Å²) in [7, 11) is 0. The highest BCUT2D eigenvalue weighted by Gasteiger charge is 2.05. The number of hydrogen-bond acceptors (Lipinski definition) is 5. The van der Waals surface area contributed by atoms with Gasteiger partial charge in [-0.3, -0.25) is 0 Å². The number of halogens is 1. The van der Waals surface area contributed by atoms with Crippen molar-refractivity contribution in [2.45, 2.75) is 6.10 Å². The van der Waals surface area contributed by atoms with Crippen LogP contribution in [0.1, 0.15) is 0 Å². The van der Waals surface area contributed by atoms with E-state index in [0.29, 0.717) is 23.9 Å². The molecule has 0 aromatic heterocycles. The maximum atomic E-state index is 10.3. The molecular formula is C12H17ClN2O4. The van der Waals surface area contributed by atoms with E-state index in [1.54, 1.807) is 24.3 Å². The van der Waals surface area contributed by atoms with Gasteiger partial charge in [-0.15, -0.1) is 0 Å². The molecule has 106 valence electrons. The number of carbonyl (C=O) groups is 1. The average molecular weight is 289 g/mol. The third-order valence-electron chi connectivity index (χ3n) is 2.16. The SMILES string of the molecule is NC(=O)OCCNCC(O)COc1ccc(Cl)cc1. The number of ether oxygens (including phenoxy) is 2. The fraction of sp³-hybridized carbons (Fsp3) is 0.417. The Hall–Kier alpha value is -1.50. The van der Waals surface area contributed by atoms with E-state index < -0.39 is 12.2 Å². The van der Waals surface area contributed by atoms with Crippen molar-refractivity contribution in [2.75, 3.05) is 26.3 Å². The molecule has 1 aromatic rings. The monoisotopic (exact) mass is 288 g/mol. The van der Waals surface area contributed by atoms with Crippen LogP contribution in [-0.2, 0) is 4.74 Å². The van der Waals surface area contributed by atoms with Crippen LogP contribution in [-0.4, -0.2) is 43.6 Å². The first kappa shape index (κ1) is 15.6. The van der Waals surface area contributed by atoms with Crippen molar-refractivity contribution in [3.8, 4) is 5.75 Å². The molecule has 0 fully saturated rings. The number of benzene rings is 1. The fourth-order valence-electron chi connectivity index (χ4n) is 1.27. The summed E-state index contributed by atoms with van der Waals surface area (Å²) in [4.78, 5) is 10.3. The Labute approximate surface area is 116 Å². The predicted octanol–water partition coefficient (Wildman–Crippen LogP) is 0.765. The summed E-state index contributed by atoms with van der Waals surface area (Å²) >= 11 is 5.74. The van der Waals surface area contributed by atoms with Gasteiger partial charge in [-0.05, 0) is 24.3 Å². The summed E-state index contributed by atoms with van der Waals surface area (Å²) in [5.74, 6) is 0.639. The number of carbonyl (C=O) groups excluding carboxylic acids is 1. The Bertz CT molecular complexity index is 386. The molecule has 0 saturated carbocycles. The minimum absolute atomic E-state index is 0.158. The second kappa shape index (κ2) is 8.58. The van der Waals surface area contributed by atoms with Gasteiger partial charge in [0.1, 0.15) is 25.1 Å². The van der Waals surface area contributed by atoms with Gasteiger partial charge in [0.05, 0.1) is 0 Å². The number of amides is 1. The number of aliphatic hydroxyl groups excluding tert-OH is 1. The molecule has 19 heavy (non-hydrogen) atoms. The average Bonchev–Trinajstić information content (AvgIpc) is 2.37. The normalized spacial score (nSPS) is 11.9. The lowest BCUT2D eigenvalue weighted by Gasteiger charge is -2.13. The number of nitrogens with two attached hydrogens (primary N) is 1. The van der Waals surface area contributed by atoms with E-state index in [1.807, 2.05) is 0 Å². The first-order valence-electron chi connectivity index (χ1n) is 5.77. The van der Waals surface area contributed by atoms with E-state index >= 15 is 0 Å². The van der Waals surface area contributed by atoms with Crippen molar-refractivity contribution in [1.82, 2.24) is 5.32 Å². The van der Waals surface area contributed by atoms with Gasteiger partial charge in [0.2, 0.25) is 0 Å². The van der Waals surface area contributed by atoms with Crippen LogP contribution < -0.4 is 15.8 Å². The highest BCUT2D eigenvalue weighted by molar-refractivity contribution is 6.30. The van der Waals surface area contributed by atoms with E-state index in [-0.39, 0.29) is 13.2 Å². The molecule has 0 radical (unpaired) electrons. The zero-order valence-corrected chi connectivity index (χ0v) is 11.1. The Morgan fingerprint density at radius 1 is 1.42 bits per heavy atom. The third kappa shape index (κ3) is 7.50. The van der Waals surface area contributed by atoms with Crippen molar-refractivity contribution in [1.29, 1.82) is 0 Å². The van der Waals surface area contributed by atoms with Gasteiger partial charge in [0.15, 0.2) is 0 Å². The first-order chi connectivity index (χ1) is 9.08. The Balaban J connectivity index is 2.09. The molecule has 1 rings (SSSR count). The summed E-state index contributed by atoms with van der Waals surface area (Å²) in [6.45, 7) is 1.07. The molecule has 0 aliphatic rings. The number of nitrogens with one attached hydrogen (secondary N) is 1. The summed E-state index contributed by atoms with van der Waals surface area (Å²) < 4.78 is 9.88. The Kier molecular flexibility index (Phi) is 7.02. The maximum Gasteiger partial charge on any atom is 0.404 e. The smallest absolute Gasteiger partial charge is 0.404 e. The van der Waals surface area contributed by atoms with E-state index in [1.165, 1.54) is 0 Å². The largest absolute Gasteiger partial charge is 0.491 e. The highest BCUT2D eigenvalue weighted by atomic mass is 35.5. The number of hydrogen-bond donors (Lipinski definition) is 3. The first-order valence-corrected chi connectivity index (χ1v) is 6.15. The van der Waals surface area contributed by atoms with Crippen LogP contribution in [0.3, 0.4) is 0 Å². The second-order valence-corrected chi connectivity index (χ2v) is 4.23. The van der Waals surface area contributed by atoms with Gasteiger partial charge < -0.3 is 25.6 Å². The summed E-state index contributed by atoms with van der Waals surface area (Å²) in [5.41, 5.74) is 4.79. The van der Waals surface area contributed by atoms with Crippen molar-refractivity contribution < 1.29 is 19.4 Å². The van der Waals surface area contributed by atoms with Gasteiger partial charge in [-0.25, -0.2) is 4.79 Å². The third-order valence-corrected chi connectivity index (χ3v) is 2.41. The molecule has 0 saturated heterocycles. The van der Waals surface area contributed by atoms with E-state index in [0.717, 1.165) is 0 Å². The molecule has 4 N–H and O–H groups in total. The van der Waals surface area contributed by atoms with Crippen LogP contribution in [0.25, 0.3) is 0 Å². The molecule has 6 nitrogen and oxygen atoms in total. The van der Waals surface area contributed by atoms with Crippen molar-refractivity contribution in [3.63, 3.8) is 0 Å². The Morgan fingerprint density at radius 3 is 2.74 bits per heavy atom. The molecule has 0 spiro atoms. The number of primary amides is 1. The van der Waals surface area contributed by atoms with Crippen LogP contribution in [0.5, 0.6) is 5.75 Å². The maximum absolute atomic E-state index is 10.3. The van der Waals surface area contributed by atoms with E-state index in [4.69, 9.17) is 22.1 Å². The van der Waals surface area contributed by atoms with Crippen LogP contribution in [0.15, 0.2) is 24.3 Å². The van der Waals surface area contributed by atoms with Gasteiger partial charge in [-0.2, -0.15) is 0 Å². The summed E-state index contributed by atoms with van der Waals surface area (Å²) in [6.07, 6.45) is -1.47. The van der Waals surface area contributed by atoms with Gasteiger partial charge in [-0.1, -0.05) is 11.6 Å². The lowest BCUT2D eigenvalue weighted by molar-refractivity contribution is 0.104. The van der Waals surface area contributed by atoms with Crippen molar-refractivity contribution in [3.05, 3.63) is 29.3 Å². The molecule has 1 unspecified atom stereocenters. The standard InChI is InChI=1S/C12H17ClN2O4/c13-9-1-3-11(4-2-9)19-8-10(16)7-15-5-6-18-12(14)17/h1-4,10,15-16H,5-8H2,(H2,14,17). The summed E-state index contributed by atoms with van der Waals surface area (Å²) in [6, 6.07) is 6.87. The van der Waals surface area contributed by atoms with Crippen LogP contribution in [0.4, 0.5) is 4.79 Å². The van der Waals surface area contributed by atoms with E-state index in [9.17, 15) is 9.90 Å². The molecule has 0 aliphatic heterocycles. The lowest BCUT2D eigenvalue weighted by atomic mass is 10.3. The lowest BCUT2D eigenvalue weighted by Crippen LogP contribution is -2.33. The minimum atomic E-state index is -0.812. The van der Waals surface area contributed by atoms with Gasteiger partial charge in [0.25, 0.3) is 0 Å². The second-order valence-electron chi connectivity index (χ2n) is 3.79. The minimum Gasteiger partial charge on any atom is -0.491 e. The molecule has 0 heterocycles. The highest BCUT2D eigenvalue weighted by Crippen LogP contribution is 2.15. The molecule has 0 aliphatic carbocycles. The zero-order valence-electron chi connectivity index (χ0n) is 10.3. The Morgan fingerprint density at radius 2 is 2.11 bits per heavy atom. The van der Waals surface area contributed by atoms with Crippen LogP contribution in [0, 0.1) is 0 Å². The number of rotatable bonds is 8. The molecule has 1 amide bonds. The molecule has 1 atom stereocenters. The summed E-state index contributed by atoms with van der Waals surface area (Å²) in [5, 5.41) is 13.2. The zero-order chi connectivity index (χ0) is 14.1. The molecule has 7 heteroatoms. The topological polar surface area (TPSA) is 93.8 Å². The van der Waals surface area contributed by atoms with Crippen LogP contribution >= 0.6 is 11.6 Å². The predicted molar refractivity (Wildman–Crippen MR) is 71.4 cm³/mol. The van der Waals surface area contributed by atoms with Crippen LogP contribution in [0.2, 0.25) is 5.02 Å². The molecule has 1 aromatic carbocycles. The van der Waals surface area contributed by atoms with E-state index in [2.05, 4.69) is 10.1 Å².